The van der Waals surface area contributed by atoms with Crippen LogP contribution >= 0.6 is 0 Å². The topological polar surface area (TPSA) is 61.9 Å². The average Bonchev–Trinajstić information content (AvgIpc) is 4.04. The zero-order chi connectivity index (χ0) is 36.7. The van der Waals surface area contributed by atoms with Crippen LogP contribution in [0.15, 0.2) is 191 Å². The molecule has 0 aliphatic carbocycles. The van der Waals surface area contributed by atoms with E-state index in [1.54, 1.807) is 0 Å². The summed E-state index contributed by atoms with van der Waals surface area (Å²) in [7, 11) is 0. The van der Waals surface area contributed by atoms with E-state index < -0.39 is 0 Å². The number of para-hydroxylation sites is 4. The number of nitrogens with zero attached hydrogens (tertiary/aromatic N) is 4. The fourth-order valence-corrected chi connectivity index (χ4v) is 8.37. The molecule has 6 nitrogen and oxygen atoms in total. The van der Waals surface area contributed by atoms with Gasteiger partial charge in [0.05, 0.1) is 22.1 Å². The van der Waals surface area contributed by atoms with Crippen LogP contribution in [0.5, 0.6) is 0 Å². The standard InChI is InChI=1S/C50H30N4O2/c1-5-13-43-37(9-1)38-10-2-6-14-44(38)53(43)35-23-17-31(18-24-35)33-21-27-41-47(29-33)56-50(52-41)34-22-28-42-48(30-34)55-49(51-42)32-19-25-36(26-20-32)54-45-15-7-3-11-39(45)40-12-4-8-16-46(40)54/h1-30H. The Kier molecular flexibility index (Phi) is 6.53. The molecule has 0 radical (unpaired) electrons. The van der Waals surface area contributed by atoms with Crippen LogP contribution in [0, 0.1) is 0 Å². The lowest BCUT2D eigenvalue weighted by Crippen LogP contribution is -1.93. The molecular weight excluding hydrogens is 689 g/mol. The van der Waals surface area contributed by atoms with Crippen molar-refractivity contribution in [3.63, 3.8) is 0 Å². The van der Waals surface area contributed by atoms with E-state index in [9.17, 15) is 0 Å². The van der Waals surface area contributed by atoms with Crippen LogP contribution in [0.25, 0.3) is 111 Å². The molecule has 12 rings (SSSR count). The van der Waals surface area contributed by atoms with E-state index in [0.29, 0.717) is 17.4 Å². The maximum Gasteiger partial charge on any atom is 0.227 e. The van der Waals surface area contributed by atoms with Gasteiger partial charge in [0.2, 0.25) is 11.8 Å². The van der Waals surface area contributed by atoms with E-state index in [0.717, 1.165) is 50.2 Å². The molecule has 262 valence electrons. The lowest BCUT2D eigenvalue weighted by Gasteiger charge is -2.09. The molecular formula is C50H30N4O2. The lowest BCUT2D eigenvalue weighted by atomic mass is 10.0. The van der Waals surface area contributed by atoms with Crippen molar-refractivity contribution >= 4 is 65.8 Å². The van der Waals surface area contributed by atoms with Crippen molar-refractivity contribution in [3.8, 4) is 45.4 Å². The molecule has 0 bridgehead atoms. The Morgan fingerprint density at radius 1 is 0.321 bits per heavy atom. The Hall–Kier alpha value is -7.70. The molecule has 0 saturated heterocycles. The van der Waals surface area contributed by atoms with Gasteiger partial charge in [0.1, 0.15) is 11.0 Å². The molecule has 0 unspecified atom stereocenters. The van der Waals surface area contributed by atoms with Crippen molar-refractivity contribution in [1.82, 2.24) is 19.1 Å². The molecule has 0 aliphatic rings. The van der Waals surface area contributed by atoms with E-state index in [2.05, 4.69) is 167 Å². The Labute approximate surface area is 320 Å². The van der Waals surface area contributed by atoms with Gasteiger partial charge in [-0.25, -0.2) is 9.97 Å². The number of benzene rings is 8. The molecule has 56 heavy (non-hydrogen) atoms. The Balaban J connectivity index is 0.835. The van der Waals surface area contributed by atoms with Gasteiger partial charge in [0, 0.05) is 44.0 Å². The summed E-state index contributed by atoms with van der Waals surface area (Å²) in [5, 5.41) is 4.98. The lowest BCUT2D eigenvalue weighted by molar-refractivity contribution is 0.614. The molecule has 0 atom stereocenters. The first-order valence-corrected chi connectivity index (χ1v) is 18.7. The average molecular weight is 719 g/mol. The molecule has 4 heterocycles. The van der Waals surface area contributed by atoms with Gasteiger partial charge < -0.3 is 18.0 Å². The molecule has 0 N–H and O–H groups in total. The van der Waals surface area contributed by atoms with Gasteiger partial charge in [0.15, 0.2) is 11.2 Å². The molecule has 8 aromatic carbocycles. The monoisotopic (exact) mass is 718 g/mol. The van der Waals surface area contributed by atoms with Crippen LogP contribution in [-0.4, -0.2) is 19.1 Å². The maximum atomic E-state index is 6.37. The van der Waals surface area contributed by atoms with Gasteiger partial charge in [-0.2, -0.15) is 0 Å². The first-order valence-electron chi connectivity index (χ1n) is 18.7. The van der Waals surface area contributed by atoms with Crippen LogP contribution in [0.3, 0.4) is 0 Å². The third-order valence-electron chi connectivity index (χ3n) is 11.0. The first-order chi connectivity index (χ1) is 27.7. The van der Waals surface area contributed by atoms with Crippen LogP contribution in [-0.2, 0) is 0 Å². The highest BCUT2D eigenvalue weighted by molar-refractivity contribution is 6.10. The van der Waals surface area contributed by atoms with Crippen molar-refractivity contribution in [2.75, 3.05) is 0 Å². The van der Waals surface area contributed by atoms with Crippen molar-refractivity contribution in [2.45, 2.75) is 0 Å². The van der Waals surface area contributed by atoms with Gasteiger partial charge in [-0.15, -0.1) is 0 Å². The summed E-state index contributed by atoms with van der Waals surface area (Å²) in [4.78, 5) is 9.66. The van der Waals surface area contributed by atoms with Crippen molar-refractivity contribution in [2.24, 2.45) is 0 Å². The number of hydrogen-bond donors (Lipinski definition) is 0. The minimum atomic E-state index is 0.536. The number of rotatable bonds is 5. The summed E-state index contributed by atoms with van der Waals surface area (Å²) in [6.07, 6.45) is 0. The van der Waals surface area contributed by atoms with Gasteiger partial charge in [-0.1, -0.05) is 91.0 Å². The number of hydrogen-bond acceptors (Lipinski definition) is 4. The molecule has 6 heteroatoms. The Morgan fingerprint density at radius 3 is 1.14 bits per heavy atom. The second kappa shape index (κ2) is 11.9. The number of oxazole rings is 2. The first kappa shape index (κ1) is 30.7. The Bertz CT molecular complexity index is 3210. The predicted octanol–water partition coefficient (Wildman–Crippen LogP) is 13.2. The minimum Gasteiger partial charge on any atom is -0.436 e. The fraction of sp³-hybridized carbons (Fsp3) is 0. The van der Waals surface area contributed by atoms with E-state index in [4.69, 9.17) is 18.8 Å². The molecule has 0 amide bonds. The van der Waals surface area contributed by atoms with Gasteiger partial charge in [-0.3, -0.25) is 0 Å². The van der Waals surface area contributed by atoms with Crippen LogP contribution in [0.1, 0.15) is 0 Å². The van der Waals surface area contributed by atoms with Crippen LogP contribution < -0.4 is 0 Å². The van der Waals surface area contributed by atoms with Crippen LogP contribution in [0.2, 0.25) is 0 Å². The predicted molar refractivity (Wildman–Crippen MR) is 227 cm³/mol. The smallest absolute Gasteiger partial charge is 0.227 e. The summed E-state index contributed by atoms with van der Waals surface area (Å²) in [5.41, 5.74) is 13.8. The normalized spacial score (nSPS) is 11.9. The highest BCUT2D eigenvalue weighted by Crippen LogP contribution is 2.36. The SMILES string of the molecule is c1ccc2c(c1)c1ccccc1n2-c1ccc(-c2ccc3nc(-c4ccc5nc(-c6ccc(-n7c8ccccc8c8ccccc87)cc6)oc5c4)oc3c2)cc1. The van der Waals surface area contributed by atoms with Gasteiger partial charge >= 0.3 is 0 Å². The second-order valence-corrected chi connectivity index (χ2v) is 14.2. The minimum absolute atomic E-state index is 0.536. The maximum absolute atomic E-state index is 6.37. The molecule has 0 aliphatic heterocycles. The van der Waals surface area contributed by atoms with Crippen LogP contribution in [0.4, 0.5) is 0 Å². The highest BCUT2D eigenvalue weighted by Gasteiger charge is 2.16. The molecule has 0 saturated carbocycles. The summed E-state index contributed by atoms with van der Waals surface area (Å²) < 4.78 is 17.3. The number of fused-ring (bicyclic) bond motifs is 8. The van der Waals surface area contributed by atoms with Crippen molar-refractivity contribution in [1.29, 1.82) is 0 Å². The summed E-state index contributed by atoms with van der Waals surface area (Å²) in [6, 6.07) is 63.4. The van der Waals surface area contributed by atoms with Crippen molar-refractivity contribution < 1.29 is 8.83 Å². The molecule has 0 spiro atoms. The largest absolute Gasteiger partial charge is 0.436 e. The molecule has 4 aromatic heterocycles. The summed E-state index contributed by atoms with van der Waals surface area (Å²) in [6.45, 7) is 0. The highest BCUT2D eigenvalue weighted by atomic mass is 16.4. The third kappa shape index (κ3) is 4.69. The fourth-order valence-electron chi connectivity index (χ4n) is 8.37. The van der Waals surface area contributed by atoms with Crippen molar-refractivity contribution in [3.05, 3.63) is 182 Å². The second-order valence-electron chi connectivity index (χ2n) is 14.2. The van der Waals surface area contributed by atoms with Gasteiger partial charge in [0.25, 0.3) is 0 Å². The Morgan fingerprint density at radius 2 is 0.679 bits per heavy atom. The van der Waals surface area contributed by atoms with E-state index in [1.807, 2.05) is 24.3 Å². The summed E-state index contributed by atoms with van der Waals surface area (Å²) in [5.74, 6) is 1.10. The third-order valence-corrected chi connectivity index (χ3v) is 11.0. The zero-order valence-electron chi connectivity index (χ0n) is 29.9. The quantitative estimate of drug-likeness (QED) is 0.178. The van der Waals surface area contributed by atoms with E-state index >= 15 is 0 Å². The van der Waals surface area contributed by atoms with E-state index in [-0.39, 0.29) is 0 Å². The number of aromatic nitrogens is 4. The molecule has 12 aromatic rings. The van der Waals surface area contributed by atoms with Gasteiger partial charge in [-0.05, 0) is 102 Å². The molecule has 0 fully saturated rings. The zero-order valence-corrected chi connectivity index (χ0v) is 29.9. The summed E-state index contributed by atoms with van der Waals surface area (Å²) >= 11 is 0. The van der Waals surface area contributed by atoms with E-state index in [1.165, 1.54) is 43.6 Å².